The molecule has 0 aromatic carbocycles. The van der Waals surface area contributed by atoms with Crippen molar-refractivity contribution >= 4 is 23.1 Å². The van der Waals surface area contributed by atoms with Gasteiger partial charge in [-0.15, -0.1) is 11.3 Å². The van der Waals surface area contributed by atoms with Crippen LogP contribution in [0.15, 0.2) is 6.20 Å². The molecule has 0 N–H and O–H groups in total. The topological polar surface area (TPSA) is 22.1 Å². The molecule has 86 valence electrons. The first-order valence-corrected chi connectivity index (χ1v) is 7.22. The average Bonchev–Trinajstić information content (AvgIpc) is 2.57. The maximum Gasteiger partial charge on any atom is 0.103 e. The first-order chi connectivity index (χ1) is 7.18. The van der Waals surface area contributed by atoms with E-state index in [1.165, 1.54) is 9.88 Å². The van der Waals surface area contributed by atoms with Crippen molar-refractivity contribution in [2.45, 2.75) is 26.5 Å². The molecule has 0 saturated carbocycles. The lowest BCUT2D eigenvalue weighted by Gasteiger charge is -2.05. The quantitative estimate of drug-likeness (QED) is 0.688. The van der Waals surface area contributed by atoms with Gasteiger partial charge in [0.25, 0.3) is 0 Å². The summed E-state index contributed by atoms with van der Waals surface area (Å²) in [4.78, 5) is 5.61. The van der Waals surface area contributed by atoms with Gasteiger partial charge in [0.15, 0.2) is 0 Å². The Bertz CT molecular complexity index is 273. The van der Waals surface area contributed by atoms with Crippen molar-refractivity contribution in [3.63, 3.8) is 0 Å². The molecular formula is C11H19NOS2. The molecule has 0 spiro atoms. The van der Waals surface area contributed by atoms with Gasteiger partial charge < -0.3 is 4.74 Å². The molecule has 1 aromatic rings. The summed E-state index contributed by atoms with van der Waals surface area (Å²) in [6, 6.07) is 0. The second-order valence-electron chi connectivity index (χ2n) is 3.89. The van der Waals surface area contributed by atoms with Crippen molar-refractivity contribution in [2.75, 3.05) is 19.0 Å². The van der Waals surface area contributed by atoms with E-state index in [1.807, 2.05) is 18.0 Å². The highest BCUT2D eigenvalue weighted by Crippen LogP contribution is 2.17. The Balaban J connectivity index is 1.98. The number of thiazole rings is 1. The summed E-state index contributed by atoms with van der Waals surface area (Å²) in [5.41, 5.74) is 0. The van der Waals surface area contributed by atoms with E-state index in [4.69, 9.17) is 4.74 Å². The van der Waals surface area contributed by atoms with Crippen molar-refractivity contribution in [1.82, 2.24) is 4.98 Å². The zero-order valence-electron chi connectivity index (χ0n) is 9.66. The SMILES string of the molecule is Cc1cnc(CSCCOCC(C)C)s1. The molecule has 1 heterocycles. The van der Waals surface area contributed by atoms with Crippen LogP contribution < -0.4 is 0 Å². The van der Waals surface area contributed by atoms with Gasteiger partial charge in [-0.3, -0.25) is 0 Å². The van der Waals surface area contributed by atoms with Crippen LogP contribution in [-0.4, -0.2) is 24.0 Å². The third-order valence-electron chi connectivity index (χ3n) is 1.72. The van der Waals surface area contributed by atoms with Gasteiger partial charge in [0.1, 0.15) is 5.01 Å². The molecule has 2 nitrogen and oxygen atoms in total. The number of nitrogens with zero attached hydrogens (tertiary/aromatic N) is 1. The number of hydrogen-bond donors (Lipinski definition) is 0. The van der Waals surface area contributed by atoms with E-state index in [0.717, 1.165) is 24.7 Å². The minimum absolute atomic E-state index is 0.636. The van der Waals surface area contributed by atoms with Crippen LogP contribution in [-0.2, 0) is 10.5 Å². The molecule has 1 aromatic heterocycles. The molecule has 15 heavy (non-hydrogen) atoms. The van der Waals surface area contributed by atoms with Gasteiger partial charge in [-0.25, -0.2) is 4.98 Å². The van der Waals surface area contributed by atoms with E-state index in [-0.39, 0.29) is 0 Å². The highest BCUT2D eigenvalue weighted by atomic mass is 32.2. The summed E-state index contributed by atoms with van der Waals surface area (Å²) >= 11 is 3.68. The zero-order chi connectivity index (χ0) is 11.1. The molecule has 1 rings (SSSR count). The molecule has 0 amide bonds. The third-order valence-corrected chi connectivity index (χ3v) is 3.75. The maximum absolute atomic E-state index is 5.50. The van der Waals surface area contributed by atoms with E-state index in [9.17, 15) is 0 Å². The molecule has 0 bridgehead atoms. The number of hydrogen-bond acceptors (Lipinski definition) is 4. The predicted octanol–water partition coefficient (Wildman–Crippen LogP) is 3.36. The van der Waals surface area contributed by atoms with Crippen molar-refractivity contribution in [2.24, 2.45) is 5.92 Å². The lowest BCUT2D eigenvalue weighted by molar-refractivity contribution is 0.124. The molecule has 0 fully saturated rings. The van der Waals surface area contributed by atoms with Crippen LogP contribution in [0.3, 0.4) is 0 Å². The number of aryl methyl sites for hydroxylation is 1. The van der Waals surface area contributed by atoms with Gasteiger partial charge in [0.05, 0.1) is 6.61 Å². The number of rotatable bonds is 7. The van der Waals surface area contributed by atoms with Crippen LogP contribution in [0, 0.1) is 12.8 Å². The Morgan fingerprint density at radius 3 is 2.93 bits per heavy atom. The minimum atomic E-state index is 0.636. The molecule has 0 aliphatic rings. The fourth-order valence-corrected chi connectivity index (χ4v) is 2.76. The van der Waals surface area contributed by atoms with E-state index < -0.39 is 0 Å². The van der Waals surface area contributed by atoms with E-state index in [1.54, 1.807) is 11.3 Å². The maximum atomic E-state index is 5.50. The Labute approximate surface area is 100 Å². The van der Waals surface area contributed by atoms with Gasteiger partial charge >= 0.3 is 0 Å². The summed E-state index contributed by atoms with van der Waals surface area (Å²) in [6.45, 7) is 8.17. The Morgan fingerprint density at radius 1 is 1.53 bits per heavy atom. The van der Waals surface area contributed by atoms with Gasteiger partial charge in [-0.05, 0) is 12.8 Å². The van der Waals surface area contributed by atoms with E-state index in [0.29, 0.717) is 5.92 Å². The second-order valence-corrected chi connectivity index (χ2v) is 6.31. The number of aromatic nitrogens is 1. The predicted molar refractivity (Wildman–Crippen MR) is 68.7 cm³/mol. The lowest BCUT2D eigenvalue weighted by atomic mass is 10.2. The van der Waals surface area contributed by atoms with Gasteiger partial charge in [-0.2, -0.15) is 11.8 Å². The number of ether oxygens (including phenoxy) is 1. The highest BCUT2D eigenvalue weighted by molar-refractivity contribution is 7.98. The van der Waals surface area contributed by atoms with Gasteiger partial charge in [-0.1, -0.05) is 13.8 Å². The fourth-order valence-electron chi connectivity index (χ4n) is 1.06. The van der Waals surface area contributed by atoms with E-state index >= 15 is 0 Å². The molecule has 0 saturated heterocycles. The molecule has 0 aliphatic heterocycles. The first-order valence-electron chi connectivity index (χ1n) is 5.25. The second kappa shape index (κ2) is 7.25. The normalized spacial score (nSPS) is 11.2. The summed E-state index contributed by atoms with van der Waals surface area (Å²) in [6.07, 6.45) is 1.94. The molecule has 0 radical (unpaired) electrons. The van der Waals surface area contributed by atoms with Crippen LogP contribution in [0.25, 0.3) is 0 Å². The highest BCUT2D eigenvalue weighted by Gasteiger charge is 1.99. The van der Waals surface area contributed by atoms with E-state index in [2.05, 4.69) is 25.8 Å². The fraction of sp³-hybridized carbons (Fsp3) is 0.727. The Hall–Kier alpha value is -0.0600. The van der Waals surface area contributed by atoms with Crippen molar-refractivity contribution in [3.05, 3.63) is 16.1 Å². The van der Waals surface area contributed by atoms with Gasteiger partial charge in [0.2, 0.25) is 0 Å². The zero-order valence-corrected chi connectivity index (χ0v) is 11.3. The monoisotopic (exact) mass is 245 g/mol. The Morgan fingerprint density at radius 2 is 2.33 bits per heavy atom. The van der Waals surface area contributed by atoms with Gasteiger partial charge in [0, 0.05) is 29.2 Å². The summed E-state index contributed by atoms with van der Waals surface area (Å²) < 4.78 is 5.50. The molecular weight excluding hydrogens is 226 g/mol. The van der Waals surface area contributed by atoms with Crippen molar-refractivity contribution in [3.8, 4) is 0 Å². The minimum Gasteiger partial charge on any atom is -0.380 e. The standard InChI is InChI=1S/C11H19NOS2/c1-9(2)7-13-4-5-14-8-11-12-6-10(3)15-11/h6,9H,4-5,7-8H2,1-3H3. The summed E-state index contributed by atoms with van der Waals surface area (Å²) in [5, 5.41) is 1.22. The van der Waals surface area contributed by atoms with Crippen LogP contribution in [0.4, 0.5) is 0 Å². The van der Waals surface area contributed by atoms with Crippen LogP contribution in [0.2, 0.25) is 0 Å². The average molecular weight is 245 g/mol. The largest absolute Gasteiger partial charge is 0.380 e. The summed E-state index contributed by atoms with van der Waals surface area (Å²) in [7, 11) is 0. The van der Waals surface area contributed by atoms with Crippen LogP contribution >= 0.6 is 23.1 Å². The lowest BCUT2D eigenvalue weighted by Crippen LogP contribution is -2.04. The summed E-state index contributed by atoms with van der Waals surface area (Å²) in [5.74, 6) is 2.71. The smallest absolute Gasteiger partial charge is 0.103 e. The van der Waals surface area contributed by atoms with Crippen LogP contribution in [0.1, 0.15) is 23.7 Å². The molecule has 0 aliphatic carbocycles. The van der Waals surface area contributed by atoms with Crippen LogP contribution in [0.5, 0.6) is 0 Å². The molecule has 4 heteroatoms. The van der Waals surface area contributed by atoms with Crippen molar-refractivity contribution < 1.29 is 4.74 Å². The van der Waals surface area contributed by atoms with Crippen molar-refractivity contribution in [1.29, 1.82) is 0 Å². The molecule has 0 atom stereocenters. The number of thioether (sulfide) groups is 1. The molecule has 0 unspecified atom stereocenters. The Kier molecular flexibility index (Phi) is 6.29. The third kappa shape index (κ3) is 6.17. The first kappa shape index (κ1) is 13.0.